The Bertz CT molecular complexity index is 941. The fourth-order valence-corrected chi connectivity index (χ4v) is 3.25. The molecule has 0 N–H and O–H groups in total. The van der Waals surface area contributed by atoms with Crippen LogP contribution in [0.2, 0.25) is 0 Å². The highest BCUT2D eigenvalue weighted by Crippen LogP contribution is 2.30. The van der Waals surface area contributed by atoms with Crippen LogP contribution in [0.5, 0.6) is 0 Å². The third-order valence-electron chi connectivity index (χ3n) is 5.06. The molecule has 2 aromatic carbocycles. The van der Waals surface area contributed by atoms with E-state index in [-0.39, 0.29) is 5.91 Å². The zero-order valence-electron chi connectivity index (χ0n) is 16.4. The quantitative estimate of drug-likeness (QED) is 0.585. The first kappa shape index (κ1) is 18.4. The molecule has 1 aliphatic carbocycles. The minimum Gasteiger partial charge on any atom is -0.416 e. The van der Waals surface area contributed by atoms with E-state index in [1.165, 1.54) is 18.4 Å². The number of aromatic nitrogens is 2. The second kappa shape index (κ2) is 7.97. The van der Waals surface area contributed by atoms with Crippen molar-refractivity contribution in [1.29, 1.82) is 0 Å². The van der Waals surface area contributed by atoms with Gasteiger partial charge in [-0.2, -0.15) is 0 Å². The van der Waals surface area contributed by atoms with E-state index >= 15 is 0 Å². The Morgan fingerprint density at radius 3 is 2.11 bits per heavy atom. The normalized spacial score (nSPS) is 13.5. The molecule has 0 radical (unpaired) electrons. The molecular formula is C23H25N3O2. The van der Waals surface area contributed by atoms with Crippen molar-refractivity contribution < 1.29 is 9.21 Å². The predicted octanol–water partition coefficient (Wildman–Crippen LogP) is 4.97. The van der Waals surface area contributed by atoms with Gasteiger partial charge >= 0.3 is 0 Å². The van der Waals surface area contributed by atoms with Gasteiger partial charge in [0.25, 0.3) is 5.91 Å². The second-order valence-corrected chi connectivity index (χ2v) is 7.55. The van der Waals surface area contributed by atoms with Gasteiger partial charge in [-0.15, -0.1) is 10.2 Å². The van der Waals surface area contributed by atoms with Crippen LogP contribution in [0, 0.1) is 12.8 Å². The van der Waals surface area contributed by atoms with E-state index in [4.69, 9.17) is 4.42 Å². The Morgan fingerprint density at radius 2 is 1.57 bits per heavy atom. The van der Waals surface area contributed by atoms with E-state index in [0.717, 1.165) is 30.6 Å². The molecule has 1 saturated carbocycles. The molecule has 0 atom stereocenters. The van der Waals surface area contributed by atoms with Crippen LogP contribution in [0.15, 0.2) is 52.9 Å². The number of amides is 1. The van der Waals surface area contributed by atoms with Crippen molar-refractivity contribution in [2.75, 3.05) is 13.1 Å². The van der Waals surface area contributed by atoms with E-state index in [9.17, 15) is 4.79 Å². The summed E-state index contributed by atoms with van der Waals surface area (Å²) in [7, 11) is 0. The van der Waals surface area contributed by atoms with Gasteiger partial charge in [0.15, 0.2) is 0 Å². The molecule has 1 heterocycles. The summed E-state index contributed by atoms with van der Waals surface area (Å²) in [5.74, 6) is 1.74. The van der Waals surface area contributed by atoms with Crippen LogP contribution < -0.4 is 0 Å². The summed E-state index contributed by atoms with van der Waals surface area (Å²) < 4.78 is 5.83. The minimum atomic E-state index is 0.103. The zero-order chi connectivity index (χ0) is 19.5. The van der Waals surface area contributed by atoms with Gasteiger partial charge < -0.3 is 9.32 Å². The van der Waals surface area contributed by atoms with Gasteiger partial charge in [-0.05, 0) is 68.5 Å². The summed E-state index contributed by atoms with van der Waals surface area (Å²) in [6.07, 6.45) is 3.46. The number of benzene rings is 2. The molecule has 0 spiro atoms. The molecule has 0 bridgehead atoms. The molecule has 0 aliphatic heterocycles. The summed E-state index contributed by atoms with van der Waals surface area (Å²) in [5, 5.41) is 8.31. The average molecular weight is 375 g/mol. The van der Waals surface area contributed by atoms with Gasteiger partial charge in [-0.1, -0.05) is 24.6 Å². The van der Waals surface area contributed by atoms with E-state index in [1.54, 1.807) is 0 Å². The van der Waals surface area contributed by atoms with E-state index in [2.05, 4.69) is 17.1 Å². The van der Waals surface area contributed by atoms with Crippen LogP contribution in [-0.4, -0.2) is 34.1 Å². The van der Waals surface area contributed by atoms with Crippen molar-refractivity contribution >= 4 is 5.91 Å². The van der Waals surface area contributed by atoms with Gasteiger partial charge in [0.1, 0.15) is 0 Å². The molecule has 1 amide bonds. The van der Waals surface area contributed by atoms with Gasteiger partial charge in [-0.25, -0.2) is 0 Å². The lowest BCUT2D eigenvalue weighted by Gasteiger charge is -2.22. The summed E-state index contributed by atoms with van der Waals surface area (Å²) >= 11 is 0. The molecule has 0 unspecified atom stereocenters. The lowest BCUT2D eigenvalue weighted by molar-refractivity contribution is 0.0747. The first-order valence-electron chi connectivity index (χ1n) is 9.94. The monoisotopic (exact) mass is 375 g/mol. The highest BCUT2D eigenvalue weighted by Gasteiger charge is 2.26. The van der Waals surface area contributed by atoms with E-state index in [0.29, 0.717) is 23.3 Å². The van der Waals surface area contributed by atoms with Crippen LogP contribution in [-0.2, 0) is 0 Å². The maximum Gasteiger partial charge on any atom is 0.253 e. The number of nitrogens with zero attached hydrogens (tertiary/aromatic N) is 3. The molecule has 5 heteroatoms. The zero-order valence-corrected chi connectivity index (χ0v) is 16.4. The molecule has 1 fully saturated rings. The standard InChI is InChI=1S/C23H25N3O2/c1-3-14-26(15-17-6-7-17)23(27)20-12-10-19(11-13-20)22-25-24-21(28-22)18-8-4-16(2)5-9-18/h4-5,8-13,17H,3,6-7,14-15H2,1-2H3. The largest absolute Gasteiger partial charge is 0.416 e. The van der Waals surface area contributed by atoms with Crippen molar-refractivity contribution in [3.8, 4) is 22.9 Å². The Balaban J connectivity index is 1.49. The SMILES string of the molecule is CCCN(CC1CC1)C(=O)c1ccc(-c2nnc(-c3ccc(C)cc3)o2)cc1. The lowest BCUT2D eigenvalue weighted by Crippen LogP contribution is -2.33. The molecule has 0 saturated heterocycles. The van der Waals surface area contributed by atoms with Crippen molar-refractivity contribution in [3.63, 3.8) is 0 Å². The van der Waals surface area contributed by atoms with Gasteiger partial charge in [0, 0.05) is 29.8 Å². The number of aryl methyl sites for hydroxylation is 1. The Hall–Kier alpha value is -2.95. The maximum atomic E-state index is 12.8. The molecule has 3 aromatic rings. The smallest absolute Gasteiger partial charge is 0.253 e. The van der Waals surface area contributed by atoms with Crippen LogP contribution in [0.25, 0.3) is 22.9 Å². The van der Waals surface area contributed by atoms with Gasteiger partial charge in [0.2, 0.25) is 11.8 Å². The molecule has 4 rings (SSSR count). The van der Waals surface area contributed by atoms with Crippen molar-refractivity contribution in [3.05, 3.63) is 59.7 Å². The third kappa shape index (κ3) is 4.14. The van der Waals surface area contributed by atoms with Gasteiger partial charge in [-0.3, -0.25) is 4.79 Å². The first-order chi connectivity index (χ1) is 13.6. The van der Waals surface area contributed by atoms with Crippen LogP contribution in [0.4, 0.5) is 0 Å². The summed E-state index contributed by atoms with van der Waals surface area (Å²) in [6.45, 7) is 5.83. The molecule has 1 aliphatic rings. The van der Waals surface area contributed by atoms with Crippen molar-refractivity contribution in [2.45, 2.75) is 33.1 Å². The number of carbonyl (C=O) groups excluding carboxylic acids is 1. The summed E-state index contributed by atoms with van der Waals surface area (Å²) in [5.41, 5.74) is 3.59. The average Bonchev–Trinajstić information content (AvgIpc) is 3.40. The predicted molar refractivity (Wildman–Crippen MR) is 109 cm³/mol. The number of hydrogen-bond acceptors (Lipinski definition) is 4. The van der Waals surface area contributed by atoms with Crippen LogP contribution in [0.3, 0.4) is 0 Å². The topological polar surface area (TPSA) is 59.2 Å². The Morgan fingerprint density at radius 1 is 1.00 bits per heavy atom. The molecule has 144 valence electrons. The third-order valence-corrected chi connectivity index (χ3v) is 5.06. The summed E-state index contributed by atoms with van der Waals surface area (Å²) in [4.78, 5) is 14.8. The fourth-order valence-electron chi connectivity index (χ4n) is 3.25. The second-order valence-electron chi connectivity index (χ2n) is 7.55. The minimum absolute atomic E-state index is 0.103. The fraction of sp³-hybridized carbons (Fsp3) is 0.348. The number of rotatable bonds is 7. The van der Waals surface area contributed by atoms with Crippen LogP contribution >= 0.6 is 0 Å². The number of carbonyl (C=O) groups is 1. The number of hydrogen-bond donors (Lipinski definition) is 0. The Labute approximate surface area is 165 Å². The van der Waals surface area contributed by atoms with E-state index in [1.807, 2.05) is 60.4 Å². The molecule has 28 heavy (non-hydrogen) atoms. The summed E-state index contributed by atoms with van der Waals surface area (Å²) in [6, 6.07) is 15.4. The van der Waals surface area contributed by atoms with Crippen molar-refractivity contribution in [1.82, 2.24) is 15.1 Å². The molecule has 5 nitrogen and oxygen atoms in total. The lowest BCUT2D eigenvalue weighted by atomic mass is 10.1. The van der Waals surface area contributed by atoms with Gasteiger partial charge in [0.05, 0.1) is 0 Å². The molecule has 1 aromatic heterocycles. The first-order valence-corrected chi connectivity index (χ1v) is 9.94. The Kier molecular flexibility index (Phi) is 5.24. The van der Waals surface area contributed by atoms with E-state index < -0.39 is 0 Å². The maximum absolute atomic E-state index is 12.8. The molecular weight excluding hydrogens is 350 g/mol. The van der Waals surface area contributed by atoms with Crippen LogP contribution in [0.1, 0.15) is 42.1 Å². The highest BCUT2D eigenvalue weighted by atomic mass is 16.4. The highest BCUT2D eigenvalue weighted by molar-refractivity contribution is 5.94. The van der Waals surface area contributed by atoms with Crippen molar-refractivity contribution in [2.24, 2.45) is 5.92 Å².